The van der Waals surface area contributed by atoms with Crippen molar-refractivity contribution in [2.75, 3.05) is 6.61 Å². The summed E-state index contributed by atoms with van der Waals surface area (Å²) in [6.45, 7) is 2.99. The average molecular weight is 196 g/mol. The monoisotopic (exact) mass is 196 g/mol. The minimum atomic E-state index is -0.340. The van der Waals surface area contributed by atoms with Crippen molar-refractivity contribution in [3.8, 4) is 0 Å². The van der Waals surface area contributed by atoms with Gasteiger partial charge >= 0.3 is 0 Å². The molecule has 3 atom stereocenters. The van der Waals surface area contributed by atoms with Gasteiger partial charge in [0.1, 0.15) is 6.10 Å². The zero-order valence-electron chi connectivity index (χ0n) is 8.91. The fourth-order valence-corrected chi connectivity index (χ4v) is 2.46. The third kappa shape index (κ3) is 2.01. The van der Waals surface area contributed by atoms with Crippen molar-refractivity contribution in [2.45, 2.75) is 51.2 Å². The molecule has 2 nitrogen and oxygen atoms in total. The van der Waals surface area contributed by atoms with Gasteiger partial charge in [0.2, 0.25) is 0 Å². The van der Waals surface area contributed by atoms with Crippen LogP contribution in [0.3, 0.4) is 0 Å². The first-order valence-corrected chi connectivity index (χ1v) is 5.77. The Kier molecular flexibility index (Phi) is 3.24. The molecular weight excluding hydrogens is 176 g/mol. The van der Waals surface area contributed by atoms with Crippen molar-refractivity contribution in [2.24, 2.45) is 5.92 Å². The third-order valence-corrected chi connectivity index (χ3v) is 3.46. The Bertz CT molecular complexity index is 222. The van der Waals surface area contributed by atoms with Gasteiger partial charge in [-0.2, -0.15) is 0 Å². The highest BCUT2D eigenvalue weighted by molar-refractivity contribution is 5.13. The molecular formula is C12H20O2. The summed E-state index contributed by atoms with van der Waals surface area (Å²) in [6, 6.07) is 0. The van der Waals surface area contributed by atoms with Gasteiger partial charge in [0.05, 0.1) is 6.10 Å². The molecule has 2 rings (SSSR count). The molecule has 1 N–H and O–H groups in total. The summed E-state index contributed by atoms with van der Waals surface area (Å²) < 4.78 is 5.59. The SMILES string of the molecule is CC1CCOC1C(O)C1=CCCCC1. The second-order valence-electron chi connectivity index (χ2n) is 4.57. The topological polar surface area (TPSA) is 29.5 Å². The van der Waals surface area contributed by atoms with Gasteiger partial charge < -0.3 is 9.84 Å². The molecule has 0 bridgehead atoms. The minimum Gasteiger partial charge on any atom is -0.386 e. The summed E-state index contributed by atoms with van der Waals surface area (Å²) in [5.74, 6) is 0.507. The van der Waals surface area contributed by atoms with Gasteiger partial charge in [-0.3, -0.25) is 0 Å². The number of aliphatic hydroxyl groups is 1. The van der Waals surface area contributed by atoms with E-state index in [9.17, 15) is 5.11 Å². The van der Waals surface area contributed by atoms with Crippen LogP contribution < -0.4 is 0 Å². The van der Waals surface area contributed by atoms with Crippen LogP contribution in [0.4, 0.5) is 0 Å². The summed E-state index contributed by atoms with van der Waals surface area (Å²) in [5, 5.41) is 10.2. The number of allylic oxidation sites excluding steroid dienone is 1. The molecule has 3 unspecified atom stereocenters. The molecule has 0 aromatic carbocycles. The molecule has 0 saturated carbocycles. The Morgan fingerprint density at radius 2 is 2.36 bits per heavy atom. The predicted octanol–water partition coefficient (Wildman–Crippen LogP) is 2.27. The smallest absolute Gasteiger partial charge is 0.101 e. The number of aliphatic hydroxyl groups excluding tert-OH is 1. The number of hydrogen-bond donors (Lipinski definition) is 1. The van der Waals surface area contributed by atoms with E-state index < -0.39 is 0 Å². The van der Waals surface area contributed by atoms with Gasteiger partial charge in [-0.15, -0.1) is 0 Å². The Morgan fingerprint density at radius 1 is 1.50 bits per heavy atom. The van der Waals surface area contributed by atoms with Crippen molar-refractivity contribution < 1.29 is 9.84 Å². The highest BCUT2D eigenvalue weighted by Crippen LogP contribution is 2.30. The molecule has 1 aliphatic heterocycles. The number of rotatable bonds is 2. The van der Waals surface area contributed by atoms with E-state index in [1.807, 2.05) is 0 Å². The van der Waals surface area contributed by atoms with Crippen molar-refractivity contribution >= 4 is 0 Å². The van der Waals surface area contributed by atoms with Gasteiger partial charge in [-0.05, 0) is 43.6 Å². The van der Waals surface area contributed by atoms with Gasteiger partial charge in [-0.1, -0.05) is 13.0 Å². The van der Waals surface area contributed by atoms with E-state index in [0.717, 1.165) is 25.9 Å². The van der Waals surface area contributed by atoms with Crippen LogP contribution in [-0.2, 0) is 4.74 Å². The van der Waals surface area contributed by atoms with Crippen LogP contribution in [0.15, 0.2) is 11.6 Å². The second kappa shape index (κ2) is 4.45. The van der Waals surface area contributed by atoms with Crippen LogP contribution in [0.1, 0.15) is 39.0 Å². The quantitative estimate of drug-likeness (QED) is 0.686. The van der Waals surface area contributed by atoms with Crippen LogP contribution in [0.25, 0.3) is 0 Å². The lowest BCUT2D eigenvalue weighted by Crippen LogP contribution is -2.32. The lowest BCUT2D eigenvalue weighted by Gasteiger charge is -2.25. The summed E-state index contributed by atoms with van der Waals surface area (Å²) >= 11 is 0. The molecule has 1 saturated heterocycles. The van der Waals surface area contributed by atoms with Crippen molar-refractivity contribution in [3.05, 3.63) is 11.6 Å². The normalized spacial score (nSPS) is 35.4. The Hall–Kier alpha value is -0.340. The molecule has 0 aromatic heterocycles. The molecule has 0 radical (unpaired) electrons. The molecule has 0 amide bonds. The second-order valence-corrected chi connectivity index (χ2v) is 4.57. The predicted molar refractivity (Wildman–Crippen MR) is 56.1 cm³/mol. The first kappa shape index (κ1) is 10.2. The van der Waals surface area contributed by atoms with Crippen LogP contribution in [-0.4, -0.2) is 23.9 Å². The Morgan fingerprint density at radius 3 is 2.93 bits per heavy atom. The minimum absolute atomic E-state index is 0.0550. The lowest BCUT2D eigenvalue weighted by atomic mass is 9.89. The number of hydrogen-bond acceptors (Lipinski definition) is 2. The maximum Gasteiger partial charge on any atom is 0.101 e. The van der Waals surface area contributed by atoms with Crippen LogP contribution in [0.2, 0.25) is 0 Å². The Labute approximate surface area is 86.0 Å². The van der Waals surface area contributed by atoms with Crippen molar-refractivity contribution in [3.63, 3.8) is 0 Å². The maximum absolute atomic E-state index is 10.2. The van der Waals surface area contributed by atoms with Crippen LogP contribution in [0.5, 0.6) is 0 Å². The lowest BCUT2D eigenvalue weighted by molar-refractivity contribution is -0.000322. The van der Waals surface area contributed by atoms with Crippen molar-refractivity contribution in [1.82, 2.24) is 0 Å². The molecule has 14 heavy (non-hydrogen) atoms. The summed E-state index contributed by atoms with van der Waals surface area (Å²) in [7, 11) is 0. The molecule has 2 aliphatic rings. The van der Waals surface area contributed by atoms with Gasteiger partial charge in [0.15, 0.2) is 0 Å². The average Bonchev–Trinajstić information content (AvgIpc) is 2.65. The molecule has 0 spiro atoms. The van der Waals surface area contributed by atoms with Crippen LogP contribution >= 0.6 is 0 Å². The zero-order valence-corrected chi connectivity index (χ0v) is 8.91. The van der Waals surface area contributed by atoms with Gasteiger partial charge in [0.25, 0.3) is 0 Å². The molecule has 2 heteroatoms. The summed E-state index contributed by atoms with van der Waals surface area (Å²) in [5.41, 5.74) is 1.22. The largest absolute Gasteiger partial charge is 0.386 e. The first-order chi connectivity index (χ1) is 6.79. The fourth-order valence-electron chi connectivity index (χ4n) is 2.46. The molecule has 1 aliphatic carbocycles. The third-order valence-electron chi connectivity index (χ3n) is 3.46. The molecule has 1 heterocycles. The van der Waals surface area contributed by atoms with Gasteiger partial charge in [0, 0.05) is 6.61 Å². The molecule has 80 valence electrons. The van der Waals surface area contributed by atoms with E-state index in [1.54, 1.807) is 0 Å². The zero-order chi connectivity index (χ0) is 9.97. The maximum atomic E-state index is 10.2. The highest BCUT2D eigenvalue weighted by atomic mass is 16.5. The van der Waals surface area contributed by atoms with E-state index in [4.69, 9.17) is 4.74 Å². The summed E-state index contributed by atoms with van der Waals surface area (Å²) in [4.78, 5) is 0. The van der Waals surface area contributed by atoms with E-state index in [1.165, 1.54) is 18.4 Å². The highest BCUT2D eigenvalue weighted by Gasteiger charge is 2.32. The molecule has 0 aromatic rings. The van der Waals surface area contributed by atoms with Gasteiger partial charge in [-0.25, -0.2) is 0 Å². The summed E-state index contributed by atoms with van der Waals surface area (Å²) in [6.07, 6.45) is 7.72. The van der Waals surface area contributed by atoms with E-state index in [2.05, 4.69) is 13.0 Å². The van der Waals surface area contributed by atoms with E-state index in [0.29, 0.717) is 5.92 Å². The van der Waals surface area contributed by atoms with Crippen LogP contribution in [0, 0.1) is 5.92 Å². The van der Waals surface area contributed by atoms with E-state index in [-0.39, 0.29) is 12.2 Å². The fraction of sp³-hybridized carbons (Fsp3) is 0.833. The first-order valence-electron chi connectivity index (χ1n) is 5.77. The standard InChI is InChI=1S/C12H20O2/c1-9-7-8-14-12(9)11(13)10-5-3-2-4-6-10/h5,9,11-13H,2-4,6-8H2,1H3. The Balaban J connectivity index is 1.99. The molecule has 1 fully saturated rings. The number of ether oxygens (including phenoxy) is 1. The van der Waals surface area contributed by atoms with Crippen molar-refractivity contribution in [1.29, 1.82) is 0 Å². The van der Waals surface area contributed by atoms with E-state index >= 15 is 0 Å².